The minimum absolute atomic E-state index is 0.0214. The van der Waals surface area contributed by atoms with Crippen molar-refractivity contribution in [3.05, 3.63) is 17.5 Å². The number of rotatable bonds is 4. The summed E-state index contributed by atoms with van der Waals surface area (Å²) in [6.45, 7) is 5.68. The highest BCUT2D eigenvalue weighted by Gasteiger charge is 2.26. The number of nitrogens with one attached hydrogen (secondary N) is 1. The number of hydrogen-bond acceptors (Lipinski definition) is 6. The SMILES string of the molecule is CCOC(=O)C(=O)NC1CCC(Oc2nc(C)cc(C)n2)CC1. The fraction of sp³-hybridized carbons (Fsp3) is 0.625. The van der Waals surface area contributed by atoms with Crippen molar-refractivity contribution >= 4 is 11.9 Å². The monoisotopic (exact) mass is 321 g/mol. The first-order chi connectivity index (χ1) is 11.0. The molecule has 7 nitrogen and oxygen atoms in total. The Hall–Kier alpha value is -2.18. The van der Waals surface area contributed by atoms with Crippen molar-refractivity contribution in [2.24, 2.45) is 0 Å². The van der Waals surface area contributed by atoms with Crippen LogP contribution in [-0.4, -0.2) is 40.6 Å². The molecule has 1 saturated carbocycles. The van der Waals surface area contributed by atoms with Gasteiger partial charge in [-0.05, 0) is 52.5 Å². The number of carbonyl (C=O) groups is 2. The lowest BCUT2D eigenvalue weighted by atomic mass is 9.93. The van der Waals surface area contributed by atoms with Gasteiger partial charge in [-0.15, -0.1) is 0 Å². The van der Waals surface area contributed by atoms with Crippen LogP contribution >= 0.6 is 0 Å². The zero-order valence-corrected chi connectivity index (χ0v) is 13.8. The molecule has 0 spiro atoms. The van der Waals surface area contributed by atoms with Gasteiger partial charge in [0.1, 0.15) is 6.10 Å². The maximum Gasteiger partial charge on any atom is 0.396 e. The minimum atomic E-state index is -0.825. The van der Waals surface area contributed by atoms with E-state index in [-0.39, 0.29) is 18.8 Å². The predicted molar refractivity (Wildman–Crippen MR) is 83.0 cm³/mol. The van der Waals surface area contributed by atoms with Gasteiger partial charge in [0.2, 0.25) is 0 Å². The number of carbonyl (C=O) groups excluding carboxylic acids is 2. The normalized spacial score (nSPS) is 20.7. The second kappa shape index (κ2) is 7.89. The molecule has 1 fully saturated rings. The van der Waals surface area contributed by atoms with E-state index in [4.69, 9.17) is 4.74 Å². The zero-order chi connectivity index (χ0) is 16.8. The minimum Gasteiger partial charge on any atom is -0.460 e. The van der Waals surface area contributed by atoms with Gasteiger partial charge in [-0.25, -0.2) is 14.8 Å². The van der Waals surface area contributed by atoms with Crippen molar-refractivity contribution in [2.45, 2.75) is 58.6 Å². The summed E-state index contributed by atoms with van der Waals surface area (Å²) < 4.78 is 10.5. The molecular weight excluding hydrogens is 298 g/mol. The van der Waals surface area contributed by atoms with Gasteiger partial charge in [0, 0.05) is 17.4 Å². The van der Waals surface area contributed by atoms with Crippen molar-refractivity contribution in [1.29, 1.82) is 0 Å². The van der Waals surface area contributed by atoms with E-state index >= 15 is 0 Å². The second-order valence-corrected chi connectivity index (χ2v) is 5.72. The number of aryl methyl sites for hydroxylation is 2. The first-order valence-electron chi connectivity index (χ1n) is 7.94. The molecule has 1 aromatic rings. The van der Waals surface area contributed by atoms with Crippen LogP contribution in [0.2, 0.25) is 0 Å². The van der Waals surface area contributed by atoms with Crippen LogP contribution in [0.4, 0.5) is 0 Å². The van der Waals surface area contributed by atoms with Crippen LogP contribution < -0.4 is 10.1 Å². The maximum absolute atomic E-state index is 11.6. The smallest absolute Gasteiger partial charge is 0.396 e. The molecule has 126 valence electrons. The van der Waals surface area contributed by atoms with Gasteiger partial charge in [0.25, 0.3) is 0 Å². The van der Waals surface area contributed by atoms with Crippen LogP contribution in [0.25, 0.3) is 0 Å². The maximum atomic E-state index is 11.6. The largest absolute Gasteiger partial charge is 0.460 e. The van der Waals surface area contributed by atoms with E-state index in [2.05, 4.69) is 20.0 Å². The van der Waals surface area contributed by atoms with Crippen LogP contribution in [0, 0.1) is 13.8 Å². The van der Waals surface area contributed by atoms with Gasteiger partial charge in [-0.2, -0.15) is 0 Å². The summed E-state index contributed by atoms with van der Waals surface area (Å²) in [5.41, 5.74) is 1.76. The van der Waals surface area contributed by atoms with E-state index in [0.29, 0.717) is 6.01 Å². The average molecular weight is 321 g/mol. The Bertz CT molecular complexity index is 548. The highest BCUT2D eigenvalue weighted by molar-refractivity contribution is 6.32. The lowest BCUT2D eigenvalue weighted by molar-refractivity contribution is -0.155. The summed E-state index contributed by atoms with van der Waals surface area (Å²) in [7, 11) is 0. The molecule has 1 amide bonds. The number of amides is 1. The Morgan fingerprint density at radius 1 is 1.17 bits per heavy atom. The van der Waals surface area contributed by atoms with E-state index < -0.39 is 11.9 Å². The number of nitrogens with zero attached hydrogens (tertiary/aromatic N) is 2. The molecule has 0 unspecified atom stereocenters. The third kappa shape index (κ3) is 5.19. The summed E-state index contributed by atoms with van der Waals surface area (Å²) in [5.74, 6) is -1.50. The Balaban J connectivity index is 1.79. The quantitative estimate of drug-likeness (QED) is 0.667. The van der Waals surface area contributed by atoms with Crippen molar-refractivity contribution in [1.82, 2.24) is 15.3 Å². The number of hydrogen-bond donors (Lipinski definition) is 1. The predicted octanol–water partition coefficient (Wildman–Crippen LogP) is 1.46. The summed E-state index contributed by atoms with van der Waals surface area (Å²) in [4.78, 5) is 31.5. The number of ether oxygens (including phenoxy) is 2. The van der Waals surface area contributed by atoms with Gasteiger partial charge >= 0.3 is 17.9 Å². The van der Waals surface area contributed by atoms with Crippen LogP contribution in [0.1, 0.15) is 44.0 Å². The fourth-order valence-corrected chi connectivity index (χ4v) is 2.66. The van der Waals surface area contributed by atoms with Crippen molar-refractivity contribution in [3.8, 4) is 6.01 Å². The van der Waals surface area contributed by atoms with Gasteiger partial charge < -0.3 is 14.8 Å². The lowest BCUT2D eigenvalue weighted by Crippen LogP contribution is -2.43. The molecule has 0 bridgehead atoms. The average Bonchev–Trinajstić information content (AvgIpc) is 2.48. The molecule has 2 rings (SSSR count). The number of aromatic nitrogens is 2. The summed E-state index contributed by atoms with van der Waals surface area (Å²) >= 11 is 0. The van der Waals surface area contributed by atoms with Crippen LogP contribution in [0.15, 0.2) is 6.07 Å². The molecule has 1 heterocycles. The van der Waals surface area contributed by atoms with Crippen molar-refractivity contribution in [2.75, 3.05) is 6.61 Å². The Kier molecular flexibility index (Phi) is 5.90. The van der Waals surface area contributed by atoms with E-state index in [0.717, 1.165) is 37.1 Å². The highest BCUT2D eigenvalue weighted by Crippen LogP contribution is 2.22. The topological polar surface area (TPSA) is 90.4 Å². The number of esters is 1. The third-order valence-electron chi connectivity index (χ3n) is 3.70. The van der Waals surface area contributed by atoms with Crippen LogP contribution in [0.3, 0.4) is 0 Å². The van der Waals surface area contributed by atoms with Crippen LogP contribution in [-0.2, 0) is 14.3 Å². The standard InChI is InChI=1S/C16H23N3O4/c1-4-22-15(21)14(20)19-12-5-7-13(8-6-12)23-16-17-10(2)9-11(3)18-16/h9,12-13H,4-8H2,1-3H3,(H,19,20). The molecular formula is C16H23N3O4. The molecule has 0 saturated heterocycles. The first kappa shape index (κ1) is 17.2. The van der Waals surface area contributed by atoms with E-state index in [9.17, 15) is 9.59 Å². The molecule has 0 aliphatic heterocycles. The lowest BCUT2D eigenvalue weighted by Gasteiger charge is -2.28. The Labute approximate surface area is 135 Å². The fourth-order valence-electron chi connectivity index (χ4n) is 2.66. The molecule has 1 N–H and O–H groups in total. The van der Waals surface area contributed by atoms with Gasteiger partial charge in [-0.3, -0.25) is 4.79 Å². The van der Waals surface area contributed by atoms with Crippen molar-refractivity contribution in [3.63, 3.8) is 0 Å². The molecule has 1 aromatic heterocycles. The van der Waals surface area contributed by atoms with E-state index in [1.165, 1.54) is 0 Å². The van der Waals surface area contributed by atoms with Crippen molar-refractivity contribution < 1.29 is 19.1 Å². The molecule has 0 atom stereocenters. The zero-order valence-electron chi connectivity index (χ0n) is 13.8. The molecule has 0 aromatic carbocycles. The van der Waals surface area contributed by atoms with E-state index in [1.807, 2.05) is 19.9 Å². The molecule has 1 aliphatic rings. The Morgan fingerprint density at radius 3 is 2.35 bits per heavy atom. The van der Waals surface area contributed by atoms with Gasteiger partial charge in [0.15, 0.2) is 0 Å². The first-order valence-corrected chi connectivity index (χ1v) is 7.94. The third-order valence-corrected chi connectivity index (χ3v) is 3.70. The molecule has 23 heavy (non-hydrogen) atoms. The van der Waals surface area contributed by atoms with Crippen LogP contribution in [0.5, 0.6) is 6.01 Å². The second-order valence-electron chi connectivity index (χ2n) is 5.72. The molecule has 7 heteroatoms. The molecule has 0 radical (unpaired) electrons. The Morgan fingerprint density at radius 2 is 1.78 bits per heavy atom. The highest BCUT2D eigenvalue weighted by atomic mass is 16.5. The van der Waals surface area contributed by atoms with Gasteiger partial charge in [-0.1, -0.05) is 0 Å². The van der Waals surface area contributed by atoms with Gasteiger partial charge in [0.05, 0.1) is 6.61 Å². The summed E-state index contributed by atoms with van der Waals surface area (Å²) in [6.07, 6.45) is 3.10. The summed E-state index contributed by atoms with van der Waals surface area (Å²) in [6, 6.07) is 2.28. The van der Waals surface area contributed by atoms with E-state index in [1.54, 1.807) is 6.92 Å². The molecule has 1 aliphatic carbocycles. The summed E-state index contributed by atoms with van der Waals surface area (Å²) in [5, 5.41) is 2.71.